The quantitative estimate of drug-likeness (QED) is 0.866. The lowest BCUT2D eigenvalue weighted by molar-refractivity contribution is 1.10. The van der Waals surface area contributed by atoms with E-state index in [-0.39, 0.29) is 0 Å². The number of hydrogen-bond donors (Lipinski definition) is 2. The Hall–Kier alpha value is -1.10. The van der Waals surface area contributed by atoms with E-state index in [0.29, 0.717) is 6.54 Å². The van der Waals surface area contributed by atoms with Gasteiger partial charge < -0.3 is 11.1 Å². The van der Waals surface area contributed by atoms with E-state index in [4.69, 9.17) is 17.3 Å². The third-order valence-corrected chi connectivity index (χ3v) is 3.04. The summed E-state index contributed by atoms with van der Waals surface area (Å²) in [5.74, 6) is 0. The van der Waals surface area contributed by atoms with Crippen LogP contribution in [0.1, 0.15) is 4.88 Å². The Kier molecular flexibility index (Phi) is 3.20. The highest BCUT2D eigenvalue weighted by Gasteiger charge is 2.00. The van der Waals surface area contributed by atoms with Crippen LogP contribution in [-0.2, 0) is 6.54 Å². The van der Waals surface area contributed by atoms with Crippen molar-refractivity contribution < 1.29 is 0 Å². The Morgan fingerprint density at radius 1 is 1.33 bits per heavy atom. The van der Waals surface area contributed by atoms with E-state index in [2.05, 4.69) is 10.3 Å². The van der Waals surface area contributed by atoms with Crippen LogP contribution in [0.15, 0.2) is 30.5 Å². The molecule has 0 saturated heterocycles. The zero-order valence-corrected chi connectivity index (χ0v) is 9.48. The molecule has 1 aromatic heterocycles. The van der Waals surface area contributed by atoms with Crippen LogP contribution in [0.3, 0.4) is 0 Å². The van der Waals surface area contributed by atoms with E-state index in [0.717, 1.165) is 20.7 Å². The van der Waals surface area contributed by atoms with Gasteiger partial charge in [-0.2, -0.15) is 0 Å². The fraction of sp³-hybridized carbons (Fsp3) is 0.100. The van der Waals surface area contributed by atoms with Gasteiger partial charge in [-0.05, 0) is 24.3 Å². The van der Waals surface area contributed by atoms with Crippen LogP contribution in [0, 0.1) is 0 Å². The monoisotopic (exact) mass is 239 g/mol. The van der Waals surface area contributed by atoms with E-state index in [9.17, 15) is 0 Å². The summed E-state index contributed by atoms with van der Waals surface area (Å²) in [5, 5.41) is 4.75. The molecular formula is C10H10ClN3S. The maximum Gasteiger partial charge on any atom is 0.187 e. The van der Waals surface area contributed by atoms with Gasteiger partial charge in [-0.1, -0.05) is 11.6 Å². The molecule has 0 spiro atoms. The zero-order chi connectivity index (χ0) is 10.7. The first-order valence-electron chi connectivity index (χ1n) is 4.45. The highest BCUT2D eigenvalue weighted by atomic mass is 35.5. The predicted octanol–water partition coefficient (Wildman–Crippen LogP) is 3.00. The number of nitrogens with one attached hydrogen (secondary N) is 1. The minimum atomic E-state index is 0.528. The average Bonchev–Trinajstić information content (AvgIpc) is 2.69. The minimum Gasteiger partial charge on any atom is -0.332 e. The molecule has 5 heteroatoms. The van der Waals surface area contributed by atoms with Crippen LogP contribution >= 0.6 is 22.9 Å². The number of thiazole rings is 1. The zero-order valence-electron chi connectivity index (χ0n) is 7.90. The third kappa shape index (κ3) is 2.68. The molecule has 0 aliphatic heterocycles. The molecule has 78 valence electrons. The molecular weight excluding hydrogens is 230 g/mol. The largest absolute Gasteiger partial charge is 0.332 e. The summed E-state index contributed by atoms with van der Waals surface area (Å²) < 4.78 is 0. The van der Waals surface area contributed by atoms with Gasteiger partial charge >= 0.3 is 0 Å². The number of halogens is 1. The number of anilines is 2. The predicted molar refractivity (Wildman–Crippen MR) is 64.7 cm³/mol. The first-order chi connectivity index (χ1) is 7.28. The number of hydrogen-bond acceptors (Lipinski definition) is 4. The second-order valence-corrected chi connectivity index (χ2v) is 4.52. The first kappa shape index (κ1) is 10.4. The molecule has 0 aliphatic carbocycles. The molecule has 0 saturated carbocycles. The van der Waals surface area contributed by atoms with Crippen LogP contribution in [0.4, 0.5) is 10.8 Å². The molecule has 2 rings (SSSR count). The standard InChI is InChI=1S/C10H10ClN3S/c11-7-1-3-8(4-2-7)14-10-13-6-9(5-12)15-10/h1-4,6H,5,12H2,(H,13,14). The highest BCUT2D eigenvalue weighted by molar-refractivity contribution is 7.15. The molecule has 1 heterocycles. The summed E-state index contributed by atoms with van der Waals surface area (Å²) in [6.07, 6.45) is 1.78. The smallest absolute Gasteiger partial charge is 0.187 e. The number of rotatable bonds is 3. The van der Waals surface area contributed by atoms with E-state index in [1.165, 1.54) is 0 Å². The lowest BCUT2D eigenvalue weighted by Crippen LogP contribution is -1.91. The normalized spacial score (nSPS) is 10.3. The number of aromatic nitrogens is 1. The summed E-state index contributed by atoms with van der Waals surface area (Å²) in [6.45, 7) is 0.528. The van der Waals surface area contributed by atoms with Gasteiger partial charge in [0.2, 0.25) is 0 Å². The van der Waals surface area contributed by atoms with Crippen molar-refractivity contribution >= 4 is 33.8 Å². The van der Waals surface area contributed by atoms with Crippen LogP contribution < -0.4 is 11.1 Å². The summed E-state index contributed by atoms with van der Waals surface area (Å²) in [5.41, 5.74) is 6.47. The lowest BCUT2D eigenvalue weighted by Gasteiger charge is -2.01. The van der Waals surface area contributed by atoms with Crippen molar-refractivity contribution in [3.63, 3.8) is 0 Å². The Balaban J connectivity index is 2.11. The van der Waals surface area contributed by atoms with Gasteiger partial charge in [-0.15, -0.1) is 11.3 Å². The fourth-order valence-electron chi connectivity index (χ4n) is 1.12. The van der Waals surface area contributed by atoms with Crippen LogP contribution in [-0.4, -0.2) is 4.98 Å². The maximum atomic E-state index is 5.78. The SMILES string of the molecule is NCc1cnc(Nc2ccc(Cl)cc2)s1. The topological polar surface area (TPSA) is 50.9 Å². The molecule has 2 aromatic rings. The van der Waals surface area contributed by atoms with Gasteiger partial charge in [0.15, 0.2) is 5.13 Å². The van der Waals surface area contributed by atoms with E-state index < -0.39 is 0 Å². The summed E-state index contributed by atoms with van der Waals surface area (Å²) in [7, 11) is 0. The number of nitrogens with two attached hydrogens (primary N) is 1. The molecule has 1 aromatic carbocycles. The van der Waals surface area contributed by atoms with Crippen molar-refractivity contribution in [2.75, 3.05) is 5.32 Å². The van der Waals surface area contributed by atoms with Gasteiger partial charge in [0.05, 0.1) is 0 Å². The molecule has 0 bridgehead atoms. The molecule has 0 unspecified atom stereocenters. The van der Waals surface area contributed by atoms with Crippen molar-refractivity contribution in [2.24, 2.45) is 5.73 Å². The Morgan fingerprint density at radius 2 is 2.07 bits per heavy atom. The lowest BCUT2D eigenvalue weighted by atomic mass is 10.3. The molecule has 0 radical (unpaired) electrons. The van der Waals surface area contributed by atoms with Crippen molar-refractivity contribution in [3.8, 4) is 0 Å². The summed E-state index contributed by atoms with van der Waals surface area (Å²) in [6, 6.07) is 7.49. The van der Waals surface area contributed by atoms with E-state index in [1.54, 1.807) is 17.5 Å². The van der Waals surface area contributed by atoms with Gasteiger partial charge in [0, 0.05) is 28.3 Å². The van der Waals surface area contributed by atoms with Gasteiger partial charge in [-0.25, -0.2) is 4.98 Å². The molecule has 0 aliphatic rings. The first-order valence-corrected chi connectivity index (χ1v) is 5.65. The van der Waals surface area contributed by atoms with Crippen molar-refractivity contribution in [3.05, 3.63) is 40.4 Å². The maximum absolute atomic E-state index is 5.78. The Morgan fingerprint density at radius 3 is 2.67 bits per heavy atom. The van der Waals surface area contributed by atoms with Crippen LogP contribution in [0.5, 0.6) is 0 Å². The average molecular weight is 240 g/mol. The highest BCUT2D eigenvalue weighted by Crippen LogP contribution is 2.23. The Bertz CT molecular complexity index is 438. The second kappa shape index (κ2) is 4.61. The number of benzene rings is 1. The van der Waals surface area contributed by atoms with Crippen molar-refractivity contribution in [1.82, 2.24) is 4.98 Å². The fourth-order valence-corrected chi connectivity index (χ4v) is 1.95. The minimum absolute atomic E-state index is 0.528. The molecule has 3 N–H and O–H groups in total. The second-order valence-electron chi connectivity index (χ2n) is 2.97. The van der Waals surface area contributed by atoms with Gasteiger partial charge in [0.1, 0.15) is 0 Å². The molecule has 0 amide bonds. The summed E-state index contributed by atoms with van der Waals surface area (Å²) >= 11 is 7.34. The number of nitrogens with zero attached hydrogens (tertiary/aromatic N) is 1. The van der Waals surface area contributed by atoms with Crippen molar-refractivity contribution in [1.29, 1.82) is 0 Å². The van der Waals surface area contributed by atoms with Gasteiger partial charge in [-0.3, -0.25) is 0 Å². The van der Waals surface area contributed by atoms with Gasteiger partial charge in [0.25, 0.3) is 0 Å². The van der Waals surface area contributed by atoms with E-state index >= 15 is 0 Å². The van der Waals surface area contributed by atoms with Crippen LogP contribution in [0.25, 0.3) is 0 Å². The van der Waals surface area contributed by atoms with Crippen molar-refractivity contribution in [2.45, 2.75) is 6.54 Å². The molecule has 0 fully saturated rings. The molecule has 15 heavy (non-hydrogen) atoms. The van der Waals surface area contributed by atoms with E-state index in [1.807, 2.05) is 24.3 Å². The van der Waals surface area contributed by atoms with Crippen LogP contribution in [0.2, 0.25) is 5.02 Å². The third-order valence-electron chi connectivity index (χ3n) is 1.85. The summed E-state index contributed by atoms with van der Waals surface area (Å²) in [4.78, 5) is 5.26. The molecule has 0 atom stereocenters. The molecule has 3 nitrogen and oxygen atoms in total. The Labute approximate surface area is 96.9 Å².